The molecule has 6 atom stereocenters. The van der Waals surface area contributed by atoms with Gasteiger partial charge in [-0.2, -0.15) is 0 Å². The topological polar surface area (TPSA) is 135 Å². The van der Waals surface area contributed by atoms with Crippen LogP contribution in [0.4, 0.5) is 0 Å². The van der Waals surface area contributed by atoms with Gasteiger partial charge in [0, 0.05) is 6.61 Å². The second kappa shape index (κ2) is 33.7. The minimum absolute atomic E-state index is 0.0586. The van der Waals surface area contributed by atoms with E-state index in [1.54, 1.807) is 6.08 Å². The lowest BCUT2D eigenvalue weighted by atomic mass is 9.99. The molecule has 4 N–H and O–H groups in total. The molecular formula is C43H66O9. The molecule has 0 aromatic heterocycles. The van der Waals surface area contributed by atoms with Gasteiger partial charge in [-0.15, -0.1) is 0 Å². The van der Waals surface area contributed by atoms with Gasteiger partial charge in [-0.3, -0.25) is 4.79 Å². The first kappa shape index (κ1) is 46.9. The minimum Gasteiger partial charge on any atom is -0.457 e. The lowest BCUT2D eigenvalue weighted by molar-refractivity contribution is -0.305. The van der Waals surface area contributed by atoms with Gasteiger partial charge in [-0.1, -0.05) is 123 Å². The van der Waals surface area contributed by atoms with Crippen LogP contribution in [-0.2, 0) is 23.7 Å². The molecule has 0 aliphatic carbocycles. The van der Waals surface area contributed by atoms with E-state index in [0.29, 0.717) is 13.0 Å². The molecule has 1 fully saturated rings. The number of allylic oxidation sites excluding steroid dienone is 17. The van der Waals surface area contributed by atoms with Gasteiger partial charge in [0.05, 0.1) is 26.2 Å². The smallest absolute Gasteiger partial charge is 0.310 e. The van der Waals surface area contributed by atoms with E-state index in [2.05, 4.69) is 105 Å². The van der Waals surface area contributed by atoms with Crippen molar-refractivity contribution in [2.75, 3.05) is 26.4 Å². The first-order valence-electron chi connectivity index (χ1n) is 19.0. The summed E-state index contributed by atoms with van der Waals surface area (Å²) in [5.41, 5.74) is 0. The van der Waals surface area contributed by atoms with Gasteiger partial charge in [0.1, 0.15) is 30.5 Å². The van der Waals surface area contributed by atoms with E-state index in [-0.39, 0.29) is 19.6 Å². The molecule has 1 saturated heterocycles. The second-order valence-electron chi connectivity index (χ2n) is 12.3. The van der Waals surface area contributed by atoms with Crippen molar-refractivity contribution in [2.45, 2.75) is 128 Å². The van der Waals surface area contributed by atoms with Crippen molar-refractivity contribution in [2.24, 2.45) is 0 Å². The molecule has 0 amide bonds. The van der Waals surface area contributed by atoms with Gasteiger partial charge in [0.25, 0.3) is 0 Å². The summed E-state index contributed by atoms with van der Waals surface area (Å²) in [6, 6.07) is 0. The van der Waals surface area contributed by atoms with E-state index in [0.717, 1.165) is 64.2 Å². The number of carbonyl (C=O) groups is 1. The van der Waals surface area contributed by atoms with Gasteiger partial charge in [-0.05, 0) is 70.6 Å². The molecule has 0 saturated carbocycles. The first-order chi connectivity index (χ1) is 25.4. The van der Waals surface area contributed by atoms with Crippen LogP contribution in [0.15, 0.2) is 109 Å². The lowest BCUT2D eigenvalue weighted by Crippen LogP contribution is -2.59. The van der Waals surface area contributed by atoms with Crippen molar-refractivity contribution >= 4 is 5.97 Å². The summed E-state index contributed by atoms with van der Waals surface area (Å²) in [5, 5.41) is 39.9. The summed E-state index contributed by atoms with van der Waals surface area (Å²) in [4.78, 5) is 12.6. The van der Waals surface area contributed by atoms with E-state index < -0.39 is 49.4 Å². The molecule has 0 spiro atoms. The SMILES string of the molecule is CC/C=C\C/C=C\C/C=C\C/C=C\C/C=C\CC(=O)OC(COCCC/C=C\C/C=C\C/C=C\C/C=C\CC)COC1OC(CO)C(O)C(O)C1O. The van der Waals surface area contributed by atoms with Crippen LogP contribution in [0, 0.1) is 0 Å². The molecule has 0 radical (unpaired) electrons. The Morgan fingerprint density at radius 3 is 1.56 bits per heavy atom. The van der Waals surface area contributed by atoms with Gasteiger partial charge in [0.15, 0.2) is 6.29 Å². The van der Waals surface area contributed by atoms with Crippen molar-refractivity contribution < 1.29 is 44.2 Å². The van der Waals surface area contributed by atoms with Crippen LogP contribution in [0.25, 0.3) is 0 Å². The number of aliphatic hydroxyl groups excluding tert-OH is 4. The Hall–Kier alpha value is -3.15. The number of hydrogen-bond acceptors (Lipinski definition) is 9. The van der Waals surface area contributed by atoms with Crippen molar-refractivity contribution in [1.29, 1.82) is 0 Å². The molecule has 1 aliphatic heterocycles. The van der Waals surface area contributed by atoms with Crippen LogP contribution >= 0.6 is 0 Å². The molecule has 6 unspecified atom stereocenters. The molecule has 1 rings (SSSR count). The van der Waals surface area contributed by atoms with Crippen LogP contribution in [0.2, 0.25) is 0 Å². The molecule has 0 aromatic carbocycles. The summed E-state index contributed by atoms with van der Waals surface area (Å²) in [7, 11) is 0. The highest BCUT2D eigenvalue weighted by atomic mass is 16.7. The zero-order chi connectivity index (χ0) is 37.9. The standard InChI is InChI=1S/C43H66O9/c1-3-5-7-9-11-13-15-17-19-20-22-24-26-28-30-32-39(45)51-37(36-50-43-42(48)41(47)40(46)38(34-44)52-43)35-49-33-31-29-27-25-23-21-18-16-14-12-10-8-6-4-2/h5-8,11-14,17-19,21-22,24-25,27-28,30,37-38,40-44,46-48H,3-4,9-10,15-16,20,23,26,29,31-36H2,1-2H3/b7-5-,8-6-,13-11-,14-12-,19-17-,21-18-,24-22-,27-25-,30-28-. The zero-order valence-electron chi connectivity index (χ0n) is 31.5. The maximum Gasteiger partial charge on any atom is 0.310 e. The first-order valence-corrected chi connectivity index (χ1v) is 19.0. The molecule has 1 aliphatic rings. The van der Waals surface area contributed by atoms with Crippen LogP contribution < -0.4 is 0 Å². The van der Waals surface area contributed by atoms with E-state index in [1.165, 1.54) is 0 Å². The van der Waals surface area contributed by atoms with E-state index in [9.17, 15) is 25.2 Å². The Labute approximate surface area is 313 Å². The fourth-order valence-corrected chi connectivity index (χ4v) is 4.80. The zero-order valence-corrected chi connectivity index (χ0v) is 31.5. The fourth-order valence-electron chi connectivity index (χ4n) is 4.80. The summed E-state index contributed by atoms with van der Waals surface area (Å²) in [6.07, 6.45) is 40.1. The molecule has 0 bridgehead atoms. The van der Waals surface area contributed by atoms with Crippen molar-refractivity contribution in [3.05, 3.63) is 109 Å². The Morgan fingerprint density at radius 2 is 1.08 bits per heavy atom. The maximum absolute atomic E-state index is 12.6. The predicted molar refractivity (Wildman–Crippen MR) is 209 cm³/mol. The van der Waals surface area contributed by atoms with E-state index in [4.69, 9.17) is 18.9 Å². The molecular weight excluding hydrogens is 660 g/mol. The van der Waals surface area contributed by atoms with Crippen LogP contribution in [0.3, 0.4) is 0 Å². The minimum atomic E-state index is -1.57. The summed E-state index contributed by atoms with van der Waals surface area (Å²) in [5.74, 6) is -0.466. The maximum atomic E-state index is 12.6. The van der Waals surface area contributed by atoms with E-state index in [1.807, 2.05) is 12.2 Å². The number of esters is 1. The number of carbonyl (C=O) groups excluding carboxylic acids is 1. The van der Waals surface area contributed by atoms with Gasteiger partial charge >= 0.3 is 5.97 Å². The number of ether oxygens (including phenoxy) is 4. The predicted octanol–water partition coefficient (Wildman–Crippen LogP) is 7.46. The third kappa shape index (κ3) is 24.9. The molecule has 1 heterocycles. The fraction of sp³-hybridized carbons (Fsp3) is 0.558. The molecule has 52 heavy (non-hydrogen) atoms. The van der Waals surface area contributed by atoms with Gasteiger partial charge in [0.2, 0.25) is 0 Å². The van der Waals surface area contributed by atoms with Gasteiger partial charge in [-0.25, -0.2) is 0 Å². The highest BCUT2D eigenvalue weighted by Crippen LogP contribution is 2.22. The average Bonchev–Trinajstić information content (AvgIpc) is 3.14. The highest BCUT2D eigenvalue weighted by Gasteiger charge is 2.44. The Balaban J connectivity index is 2.47. The molecule has 292 valence electrons. The summed E-state index contributed by atoms with van der Waals surface area (Å²) >= 11 is 0. The van der Waals surface area contributed by atoms with Crippen molar-refractivity contribution in [3.8, 4) is 0 Å². The van der Waals surface area contributed by atoms with Crippen molar-refractivity contribution in [3.63, 3.8) is 0 Å². The van der Waals surface area contributed by atoms with Gasteiger partial charge < -0.3 is 39.4 Å². The number of rotatable bonds is 29. The molecule has 9 heteroatoms. The number of unbranched alkanes of at least 4 members (excludes halogenated alkanes) is 1. The number of aliphatic hydroxyl groups is 4. The van der Waals surface area contributed by atoms with Crippen LogP contribution in [-0.4, -0.2) is 89.6 Å². The second-order valence-corrected chi connectivity index (χ2v) is 12.3. The summed E-state index contributed by atoms with van der Waals surface area (Å²) in [6.45, 7) is 4.01. The Kier molecular flexibility index (Phi) is 30.3. The Morgan fingerprint density at radius 1 is 0.615 bits per heavy atom. The summed E-state index contributed by atoms with van der Waals surface area (Å²) < 4.78 is 22.5. The molecule has 0 aromatic rings. The normalized spacial score (nSPS) is 22.5. The number of hydrogen-bond donors (Lipinski definition) is 4. The average molecular weight is 727 g/mol. The van der Waals surface area contributed by atoms with Crippen LogP contribution in [0.1, 0.15) is 90.9 Å². The van der Waals surface area contributed by atoms with Crippen LogP contribution in [0.5, 0.6) is 0 Å². The van der Waals surface area contributed by atoms with E-state index >= 15 is 0 Å². The lowest BCUT2D eigenvalue weighted by Gasteiger charge is -2.39. The Bertz CT molecular complexity index is 1150. The molecule has 9 nitrogen and oxygen atoms in total. The van der Waals surface area contributed by atoms with Crippen molar-refractivity contribution in [1.82, 2.24) is 0 Å². The quantitative estimate of drug-likeness (QED) is 0.0352. The monoisotopic (exact) mass is 726 g/mol. The third-order valence-electron chi connectivity index (χ3n) is 7.72. The highest BCUT2D eigenvalue weighted by molar-refractivity contribution is 5.71. The largest absolute Gasteiger partial charge is 0.457 e. The third-order valence-corrected chi connectivity index (χ3v) is 7.72.